The number of fused-ring (bicyclic) bond motifs is 1. The van der Waals surface area contributed by atoms with Crippen molar-refractivity contribution in [3.63, 3.8) is 0 Å². The summed E-state index contributed by atoms with van der Waals surface area (Å²) in [5.74, 6) is -0.271. The molecule has 1 heterocycles. The van der Waals surface area contributed by atoms with Crippen molar-refractivity contribution in [1.29, 1.82) is 0 Å². The highest BCUT2D eigenvalue weighted by atomic mass is 19.4. The van der Waals surface area contributed by atoms with Crippen LogP contribution in [0.3, 0.4) is 0 Å². The van der Waals surface area contributed by atoms with Gasteiger partial charge < -0.3 is 10.2 Å². The SMILES string of the molecule is CCN1CCc2ccc(C(=O)NCc3cccc(C(F)(F)F)c3)cc2CC1. The van der Waals surface area contributed by atoms with E-state index in [0.29, 0.717) is 11.1 Å². The Morgan fingerprint density at radius 3 is 2.52 bits per heavy atom. The minimum atomic E-state index is -4.39. The number of carbonyl (C=O) groups excluding carboxylic acids is 1. The van der Waals surface area contributed by atoms with Gasteiger partial charge in [0.2, 0.25) is 0 Å². The molecule has 3 nitrogen and oxygen atoms in total. The van der Waals surface area contributed by atoms with Crippen molar-refractivity contribution in [2.45, 2.75) is 32.5 Å². The second-order valence-electron chi connectivity index (χ2n) is 6.80. The molecular weight excluding hydrogens is 353 g/mol. The van der Waals surface area contributed by atoms with Gasteiger partial charge in [0.05, 0.1) is 5.56 Å². The molecule has 0 fully saturated rings. The van der Waals surface area contributed by atoms with Gasteiger partial charge in [-0.1, -0.05) is 25.1 Å². The average molecular weight is 376 g/mol. The molecule has 0 saturated heterocycles. The number of carbonyl (C=O) groups is 1. The molecule has 1 amide bonds. The molecule has 0 aliphatic carbocycles. The molecule has 0 radical (unpaired) electrons. The summed E-state index contributed by atoms with van der Waals surface area (Å²) < 4.78 is 38.4. The number of likely N-dealkylation sites (N-methyl/N-ethyl adjacent to an activating group) is 1. The number of alkyl halides is 3. The zero-order valence-electron chi connectivity index (χ0n) is 15.3. The van der Waals surface area contributed by atoms with Crippen LogP contribution < -0.4 is 5.32 Å². The highest BCUT2D eigenvalue weighted by Gasteiger charge is 2.30. The summed E-state index contributed by atoms with van der Waals surface area (Å²) in [7, 11) is 0. The summed E-state index contributed by atoms with van der Waals surface area (Å²) in [6.45, 7) is 5.20. The van der Waals surface area contributed by atoms with Gasteiger partial charge in [-0.05, 0) is 60.3 Å². The molecule has 144 valence electrons. The standard InChI is InChI=1S/C21H23F3N2O/c1-2-26-10-8-16-6-7-18(13-17(16)9-11-26)20(27)25-14-15-4-3-5-19(12-15)21(22,23)24/h3-7,12-13H,2,8-11,14H2,1H3,(H,25,27). The van der Waals surface area contributed by atoms with Crippen molar-refractivity contribution in [3.8, 4) is 0 Å². The predicted molar refractivity (Wildman–Crippen MR) is 98.6 cm³/mol. The molecule has 2 aromatic rings. The Kier molecular flexibility index (Phi) is 5.85. The maximum atomic E-state index is 12.8. The van der Waals surface area contributed by atoms with Gasteiger partial charge in [-0.25, -0.2) is 0 Å². The first-order valence-corrected chi connectivity index (χ1v) is 9.15. The Hall–Kier alpha value is -2.34. The van der Waals surface area contributed by atoms with Crippen LogP contribution in [-0.4, -0.2) is 30.4 Å². The Morgan fingerprint density at radius 1 is 1.07 bits per heavy atom. The van der Waals surface area contributed by atoms with Crippen molar-refractivity contribution in [2.75, 3.05) is 19.6 Å². The molecule has 0 unspecified atom stereocenters. The molecule has 1 aliphatic rings. The second kappa shape index (κ2) is 8.13. The number of amides is 1. The highest BCUT2D eigenvalue weighted by Crippen LogP contribution is 2.29. The van der Waals surface area contributed by atoms with Crippen molar-refractivity contribution in [3.05, 3.63) is 70.3 Å². The zero-order valence-corrected chi connectivity index (χ0v) is 15.3. The number of nitrogens with zero attached hydrogens (tertiary/aromatic N) is 1. The van der Waals surface area contributed by atoms with Crippen molar-refractivity contribution in [1.82, 2.24) is 10.2 Å². The molecule has 0 atom stereocenters. The van der Waals surface area contributed by atoms with Crippen LogP contribution in [0.5, 0.6) is 0 Å². The van der Waals surface area contributed by atoms with Crippen LogP contribution in [0.4, 0.5) is 13.2 Å². The van der Waals surface area contributed by atoms with E-state index in [1.807, 2.05) is 12.1 Å². The van der Waals surface area contributed by atoms with E-state index in [2.05, 4.69) is 17.1 Å². The molecule has 6 heteroatoms. The Labute approximate surface area is 157 Å². The fourth-order valence-corrected chi connectivity index (χ4v) is 3.37. The van der Waals surface area contributed by atoms with Crippen molar-refractivity contribution < 1.29 is 18.0 Å². The lowest BCUT2D eigenvalue weighted by atomic mass is 10.00. The van der Waals surface area contributed by atoms with E-state index in [1.54, 1.807) is 12.1 Å². The van der Waals surface area contributed by atoms with Gasteiger partial charge in [0.25, 0.3) is 5.91 Å². The van der Waals surface area contributed by atoms with E-state index in [9.17, 15) is 18.0 Å². The molecule has 1 aliphatic heterocycles. The van der Waals surface area contributed by atoms with Crippen molar-refractivity contribution >= 4 is 5.91 Å². The third-order valence-corrected chi connectivity index (χ3v) is 5.02. The van der Waals surface area contributed by atoms with E-state index in [1.165, 1.54) is 17.2 Å². The number of benzene rings is 2. The molecule has 1 N–H and O–H groups in total. The highest BCUT2D eigenvalue weighted by molar-refractivity contribution is 5.94. The summed E-state index contributed by atoms with van der Waals surface area (Å²) >= 11 is 0. The summed E-state index contributed by atoms with van der Waals surface area (Å²) in [4.78, 5) is 14.8. The van der Waals surface area contributed by atoms with Crippen LogP contribution in [0.1, 0.15) is 39.5 Å². The van der Waals surface area contributed by atoms with Gasteiger partial charge in [-0.2, -0.15) is 13.2 Å². The Bertz CT molecular complexity index is 817. The predicted octanol–water partition coefficient (Wildman–Crippen LogP) is 4.06. The molecular formula is C21H23F3N2O. The first-order chi connectivity index (χ1) is 12.9. The molecule has 3 rings (SSSR count). The lowest BCUT2D eigenvalue weighted by Crippen LogP contribution is -2.25. The lowest BCUT2D eigenvalue weighted by molar-refractivity contribution is -0.137. The third kappa shape index (κ3) is 4.89. The molecule has 0 bridgehead atoms. The first-order valence-electron chi connectivity index (χ1n) is 9.15. The van der Waals surface area contributed by atoms with Crippen LogP contribution in [0.25, 0.3) is 0 Å². The molecule has 27 heavy (non-hydrogen) atoms. The van der Waals surface area contributed by atoms with Crippen LogP contribution in [0.2, 0.25) is 0 Å². The van der Waals surface area contributed by atoms with Crippen LogP contribution in [0.15, 0.2) is 42.5 Å². The van der Waals surface area contributed by atoms with E-state index in [4.69, 9.17) is 0 Å². The minimum absolute atomic E-state index is 0.0590. The quantitative estimate of drug-likeness (QED) is 0.873. The molecule has 0 saturated carbocycles. The normalized spacial score (nSPS) is 15.1. The fourth-order valence-electron chi connectivity index (χ4n) is 3.37. The average Bonchev–Trinajstić information content (AvgIpc) is 2.87. The van der Waals surface area contributed by atoms with Gasteiger partial charge in [0, 0.05) is 25.2 Å². The van der Waals surface area contributed by atoms with Crippen LogP contribution >= 0.6 is 0 Å². The van der Waals surface area contributed by atoms with Gasteiger partial charge in [0.1, 0.15) is 0 Å². The second-order valence-corrected chi connectivity index (χ2v) is 6.80. The summed E-state index contributed by atoms with van der Waals surface area (Å²) in [6.07, 6.45) is -2.52. The van der Waals surface area contributed by atoms with Crippen LogP contribution in [-0.2, 0) is 25.6 Å². The molecule has 2 aromatic carbocycles. The number of nitrogens with one attached hydrogen (secondary N) is 1. The number of rotatable bonds is 4. The third-order valence-electron chi connectivity index (χ3n) is 5.02. The largest absolute Gasteiger partial charge is 0.416 e. The van der Waals surface area contributed by atoms with Crippen molar-refractivity contribution in [2.24, 2.45) is 0 Å². The molecule has 0 aromatic heterocycles. The monoisotopic (exact) mass is 376 g/mol. The molecule has 0 spiro atoms. The number of halogens is 3. The van der Waals surface area contributed by atoms with Gasteiger partial charge in [0.15, 0.2) is 0 Å². The Morgan fingerprint density at radius 2 is 1.81 bits per heavy atom. The minimum Gasteiger partial charge on any atom is -0.348 e. The number of hydrogen-bond acceptors (Lipinski definition) is 2. The smallest absolute Gasteiger partial charge is 0.348 e. The van der Waals surface area contributed by atoms with E-state index in [-0.39, 0.29) is 12.5 Å². The van der Waals surface area contributed by atoms with Gasteiger partial charge in [-0.15, -0.1) is 0 Å². The lowest BCUT2D eigenvalue weighted by Gasteiger charge is -2.16. The van der Waals surface area contributed by atoms with E-state index >= 15 is 0 Å². The number of hydrogen-bond donors (Lipinski definition) is 1. The van der Waals surface area contributed by atoms with E-state index in [0.717, 1.165) is 44.6 Å². The summed E-state index contributed by atoms with van der Waals surface area (Å²) in [5.41, 5.74) is 2.70. The fraction of sp³-hybridized carbons (Fsp3) is 0.381. The van der Waals surface area contributed by atoms with Crippen LogP contribution in [0, 0.1) is 0 Å². The zero-order chi connectivity index (χ0) is 19.4. The van der Waals surface area contributed by atoms with Gasteiger partial charge in [-0.3, -0.25) is 4.79 Å². The van der Waals surface area contributed by atoms with E-state index < -0.39 is 11.7 Å². The topological polar surface area (TPSA) is 32.3 Å². The Balaban J connectivity index is 1.66. The summed E-state index contributed by atoms with van der Waals surface area (Å²) in [6, 6.07) is 10.7. The maximum absolute atomic E-state index is 12.8. The van der Waals surface area contributed by atoms with Gasteiger partial charge >= 0.3 is 6.18 Å². The maximum Gasteiger partial charge on any atom is 0.416 e. The summed E-state index contributed by atoms with van der Waals surface area (Å²) in [5, 5.41) is 2.72. The first kappa shape index (κ1) is 19.4.